The van der Waals surface area contributed by atoms with Crippen LogP contribution in [0.1, 0.15) is 88.7 Å². The Bertz CT molecular complexity index is 477. The topological polar surface area (TPSA) is 26.3 Å². The Kier molecular flexibility index (Phi) is 9.69. The van der Waals surface area contributed by atoms with Crippen LogP contribution in [-0.2, 0) is 22.4 Å². The fourth-order valence-corrected chi connectivity index (χ4v) is 3.70. The zero-order valence-electron chi connectivity index (χ0n) is 16.1. The van der Waals surface area contributed by atoms with E-state index in [9.17, 15) is 4.79 Å². The predicted molar refractivity (Wildman–Crippen MR) is 105 cm³/mol. The first-order valence-electron chi connectivity index (χ1n) is 10.5. The summed E-state index contributed by atoms with van der Waals surface area (Å²) >= 11 is 0. The van der Waals surface area contributed by atoms with Crippen LogP contribution in [0.3, 0.4) is 0 Å². The Morgan fingerprint density at radius 1 is 0.880 bits per heavy atom. The molecule has 25 heavy (non-hydrogen) atoms. The number of carbonyl (C=O) groups excluding carboxylic acids is 1. The van der Waals surface area contributed by atoms with Crippen LogP contribution in [0.15, 0.2) is 24.3 Å². The Hall–Kier alpha value is -1.31. The molecular formula is C23H36O2. The minimum Gasteiger partial charge on any atom is -0.465 e. The molecule has 1 atom stereocenters. The number of benzene rings is 1. The third kappa shape index (κ3) is 8.07. The fraction of sp³-hybridized carbons (Fsp3) is 0.696. The number of hydrogen-bond acceptors (Lipinski definition) is 2. The number of rotatable bonds is 12. The molecule has 140 valence electrons. The molecule has 2 nitrogen and oxygen atoms in total. The van der Waals surface area contributed by atoms with Crippen LogP contribution in [0.4, 0.5) is 0 Å². The molecule has 2 heteroatoms. The van der Waals surface area contributed by atoms with E-state index in [1.165, 1.54) is 68.9 Å². The van der Waals surface area contributed by atoms with Crippen molar-refractivity contribution in [1.82, 2.24) is 0 Å². The highest BCUT2D eigenvalue weighted by atomic mass is 16.5. The van der Waals surface area contributed by atoms with Crippen molar-refractivity contribution in [1.29, 1.82) is 0 Å². The number of ether oxygens (including phenoxy) is 1. The summed E-state index contributed by atoms with van der Waals surface area (Å²) in [6.45, 7) is 2.89. The van der Waals surface area contributed by atoms with Gasteiger partial charge in [0.1, 0.15) is 0 Å². The van der Waals surface area contributed by atoms with Crippen LogP contribution < -0.4 is 0 Å². The Labute approximate surface area is 154 Å². The van der Waals surface area contributed by atoms with E-state index in [1.807, 2.05) is 0 Å². The lowest BCUT2D eigenvalue weighted by molar-refractivity contribution is -0.153. The number of cyclic esters (lactones) is 1. The first-order chi connectivity index (χ1) is 12.3. The lowest BCUT2D eigenvalue weighted by Crippen LogP contribution is -2.23. The number of carbonyl (C=O) groups is 1. The first kappa shape index (κ1) is 20.0. The largest absolute Gasteiger partial charge is 0.465 e. The van der Waals surface area contributed by atoms with E-state index in [0.29, 0.717) is 6.61 Å². The molecule has 1 fully saturated rings. The highest BCUT2D eigenvalue weighted by molar-refractivity contribution is 5.72. The van der Waals surface area contributed by atoms with Gasteiger partial charge >= 0.3 is 5.97 Å². The van der Waals surface area contributed by atoms with Crippen molar-refractivity contribution in [2.45, 2.75) is 90.4 Å². The van der Waals surface area contributed by atoms with Crippen LogP contribution in [0.2, 0.25) is 0 Å². The van der Waals surface area contributed by atoms with Gasteiger partial charge in [-0.2, -0.15) is 0 Å². The van der Waals surface area contributed by atoms with Gasteiger partial charge in [-0.25, -0.2) is 0 Å². The van der Waals surface area contributed by atoms with Crippen LogP contribution in [0.5, 0.6) is 0 Å². The van der Waals surface area contributed by atoms with Crippen molar-refractivity contribution in [2.24, 2.45) is 5.92 Å². The molecule has 0 N–H and O–H groups in total. The average Bonchev–Trinajstić information content (AvgIpc) is 2.64. The van der Waals surface area contributed by atoms with E-state index in [-0.39, 0.29) is 11.9 Å². The van der Waals surface area contributed by atoms with Crippen molar-refractivity contribution in [3.63, 3.8) is 0 Å². The molecule has 1 aliphatic rings. The normalized spacial score (nSPS) is 17.5. The highest BCUT2D eigenvalue weighted by Gasteiger charge is 2.22. The molecule has 0 bridgehead atoms. The van der Waals surface area contributed by atoms with Gasteiger partial charge < -0.3 is 4.74 Å². The number of esters is 1. The molecule has 2 rings (SSSR count). The highest BCUT2D eigenvalue weighted by Crippen LogP contribution is 2.22. The average molecular weight is 345 g/mol. The van der Waals surface area contributed by atoms with Gasteiger partial charge in [0.2, 0.25) is 0 Å². The Balaban J connectivity index is 1.52. The molecule has 0 amide bonds. The van der Waals surface area contributed by atoms with Gasteiger partial charge in [0, 0.05) is 0 Å². The molecule has 0 radical (unpaired) electrons. The quantitative estimate of drug-likeness (QED) is 0.330. The number of aryl methyl sites for hydroxylation is 2. The lowest BCUT2D eigenvalue weighted by atomic mass is 9.94. The fourth-order valence-electron chi connectivity index (χ4n) is 3.70. The third-order valence-corrected chi connectivity index (χ3v) is 5.38. The Morgan fingerprint density at radius 2 is 1.48 bits per heavy atom. The molecule has 1 heterocycles. The summed E-state index contributed by atoms with van der Waals surface area (Å²) in [5.41, 5.74) is 2.95. The Morgan fingerprint density at radius 3 is 2.08 bits per heavy atom. The zero-order chi connectivity index (χ0) is 17.7. The van der Waals surface area contributed by atoms with Crippen molar-refractivity contribution in [3.8, 4) is 0 Å². The molecule has 1 aliphatic heterocycles. The van der Waals surface area contributed by atoms with Gasteiger partial charge in [-0.1, -0.05) is 69.7 Å². The van der Waals surface area contributed by atoms with Gasteiger partial charge in [-0.3, -0.25) is 4.79 Å². The smallest absolute Gasteiger partial charge is 0.308 e. The molecule has 0 aliphatic carbocycles. The van der Waals surface area contributed by atoms with Crippen LogP contribution in [0, 0.1) is 5.92 Å². The maximum atomic E-state index is 11.6. The van der Waals surface area contributed by atoms with Gasteiger partial charge in [0.25, 0.3) is 0 Å². The summed E-state index contributed by atoms with van der Waals surface area (Å²) in [6.07, 6.45) is 15.8. The van der Waals surface area contributed by atoms with E-state index in [1.54, 1.807) is 0 Å². The standard InChI is InChI=1S/C23H36O2/c1-2-3-4-7-11-20-15-17-21(18-16-20)12-8-5-6-9-13-22-14-10-19-25-23(22)24/h15-18,22H,2-14,19H2,1H3. The maximum Gasteiger partial charge on any atom is 0.308 e. The van der Waals surface area contributed by atoms with Crippen LogP contribution in [0.25, 0.3) is 0 Å². The van der Waals surface area contributed by atoms with Crippen molar-refractivity contribution < 1.29 is 9.53 Å². The van der Waals surface area contributed by atoms with Gasteiger partial charge in [0.05, 0.1) is 12.5 Å². The lowest BCUT2D eigenvalue weighted by Gasteiger charge is -2.20. The first-order valence-corrected chi connectivity index (χ1v) is 10.5. The maximum absolute atomic E-state index is 11.6. The van der Waals surface area contributed by atoms with Gasteiger partial charge in [-0.05, 0) is 56.1 Å². The summed E-state index contributed by atoms with van der Waals surface area (Å²) < 4.78 is 5.13. The minimum atomic E-state index is 0.0426. The minimum absolute atomic E-state index is 0.0426. The summed E-state index contributed by atoms with van der Waals surface area (Å²) in [4.78, 5) is 11.6. The second kappa shape index (κ2) is 12.1. The second-order valence-corrected chi connectivity index (χ2v) is 7.59. The van der Waals surface area contributed by atoms with Gasteiger partial charge in [0.15, 0.2) is 0 Å². The van der Waals surface area contributed by atoms with Gasteiger partial charge in [-0.15, -0.1) is 0 Å². The van der Waals surface area contributed by atoms with Crippen molar-refractivity contribution in [3.05, 3.63) is 35.4 Å². The van der Waals surface area contributed by atoms with Crippen LogP contribution in [-0.4, -0.2) is 12.6 Å². The molecular weight excluding hydrogens is 308 g/mol. The number of hydrogen-bond donors (Lipinski definition) is 0. The SMILES string of the molecule is CCCCCCc1ccc(CCCCCCC2CCCOC2=O)cc1. The molecule has 0 saturated carbocycles. The summed E-state index contributed by atoms with van der Waals surface area (Å²) in [5.74, 6) is 0.222. The van der Waals surface area contributed by atoms with E-state index < -0.39 is 0 Å². The van der Waals surface area contributed by atoms with Crippen LogP contribution >= 0.6 is 0 Å². The van der Waals surface area contributed by atoms with Crippen molar-refractivity contribution in [2.75, 3.05) is 6.61 Å². The van der Waals surface area contributed by atoms with E-state index in [2.05, 4.69) is 31.2 Å². The predicted octanol–water partition coefficient (Wildman–Crippen LogP) is 6.26. The summed E-state index contributed by atoms with van der Waals surface area (Å²) in [6, 6.07) is 9.26. The molecule has 1 saturated heterocycles. The van der Waals surface area contributed by atoms with E-state index in [4.69, 9.17) is 4.74 Å². The molecule has 1 aromatic rings. The molecule has 0 aromatic heterocycles. The van der Waals surface area contributed by atoms with Crippen molar-refractivity contribution >= 4 is 5.97 Å². The second-order valence-electron chi connectivity index (χ2n) is 7.59. The molecule has 1 aromatic carbocycles. The summed E-state index contributed by atoms with van der Waals surface area (Å²) in [7, 11) is 0. The number of unbranched alkanes of at least 4 members (excludes halogenated alkanes) is 6. The molecule has 0 spiro atoms. The summed E-state index contributed by atoms with van der Waals surface area (Å²) in [5, 5.41) is 0. The monoisotopic (exact) mass is 344 g/mol. The zero-order valence-corrected chi connectivity index (χ0v) is 16.1. The molecule has 1 unspecified atom stereocenters. The third-order valence-electron chi connectivity index (χ3n) is 5.38. The van der Waals surface area contributed by atoms with E-state index in [0.717, 1.165) is 25.7 Å². The van der Waals surface area contributed by atoms with E-state index >= 15 is 0 Å².